The SMILES string of the molecule is CNCC(=O)N1CCCC(c2nnc(CN3CCOCC3)n2C)C1. The van der Waals surface area contributed by atoms with Crippen molar-refractivity contribution in [2.45, 2.75) is 25.3 Å². The number of ether oxygens (including phenoxy) is 1. The van der Waals surface area contributed by atoms with Gasteiger partial charge in [-0.2, -0.15) is 0 Å². The fourth-order valence-corrected chi connectivity index (χ4v) is 3.51. The third-order valence-corrected chi connectivity index (χ3v) is 4.93. The Labute approximate surface area is 143 Å². The van der Waals surface area contributed by atoms with Crippen LogP contribution >= 0.6 is 0 Å². The van der Waals surface area contributed by atoms with Crippen molar-refractivity contribution in [1.82, 2.24) is 29.9 Å². The number of hydrogen-bond donors (Lipinski definition) is 1. The molecule has 2 aliphatic rings. The zero-order valence-electron chi connectivity index (χ0n) is 14.7. The molecule has 1 atom stereocenters. The molecule has 1 unspecified atom stereocenters. The highest BCUT2D eigenvalue weighted by atomic mass is 16.5. The summed E-state index contributed by atoms with van der Waals surface area (Å²) in [6, 6.07) is 0. The highest BCUT2D eigenvalue weighted by Gasteiger charge is 2.28. The van der Waals surface area contributed by atoms with E-state index in [-0.39, 0.29) is 11.8 Å². The molecule has 0 aromatic carbocycles. The van der Waals surface area contributed by atoms with E-state index in [0.29, 0.717) is 6.54 Å². The van der Waals surface area contributed by atoms with Crippen LogP contribution in [0.1, 0.15) is 30.4 Å². The fourth-order valence-electron chi connectivity index (χ4n) is 3.51. The van der Waals surface area contributed by atoms with Crippen LogP contribution in [0, 0.1) is 0 Å². The Kier molecular flexibility index (Phi) is 5.80. The van der Waals surface area contributed by atoms with Gasteiger partial charge in [0, 0.05) is 39.1 Å². The molecule has 0 saturated carbocycles. The number of rotatable bonds is 5. The van der Waals surface area contributed by atoms with Crippen LogP contribution in [0.3, 0.4) is 0 Å². The van der Waals surface area contributed by atoms with Crippen LogP contribution in [0.5, 0.6) is 0 Å². The summed E-state index contributed by atoms with van der Waals surface area (Å²) < 4.78 is 7.51. The molecule has 2 saturated heterocycles. The van der Waals surface area contributed by atoms with Gasteiger partial charge in [-0.1, -0.05) is 0 Å². The van der Waals surface area contributed by atoms with Crippen LogP contribution in [0.4, 0.5) is 0 Å². The number of hydrogen-bond acceptors (Lipinski definition) is 6. The minimum Gasteiger partial charge on any atom is -0.379 e. The molecule has 1 amide bonds. The van der Waals surface area contributed by atoms with Crippen molar-refractivity contribution in [3.05, 3.63) is 11.6 Å². The molecule has 0 spiro atoms. The van der Waals surface area contributed by atoms with E-state index >= 15 is 0 Å². The number of likely N-dealkylation sites (N-methyl/N-ethyl adjacent to an activating group) is 1. The van der Waals surface area contributed by atoms with Gasteiger partial charge in [0.15, 0.2) is 0 Å². The van der Waals surface area contributed by atoms with Crippen LogP contribution in [0.2, 0.25) is 0 Å². The molecular formula is C16H28N6O2. The van der Waals surface area contributed by atoms with Gasteiger partial charge in [0.05, 0.1) is 26.3 Å². The van der Waals surface area contributed by atoms with Crippen LogP contribution in [-0.2, 0) is 23.1 Å². The average molecular weight is 336 g/mol. The summed E-state index contributed by atoms with van der Waals surface area (Å²) in [5, 5.41) is 11.8. The van der Waals surface area contributed by atoms with E-state index in [1.54, 1.807) is 7.05 Å². The summed E-state index contributed by atoms with van der Waals surface area (Å²) in [6.07, 6.45) is 2.08. The van der Waals surface area contributed by atoms with Gasteiger partial charge in [0.2, 0.25) is 5.91 Å². The van der Waals surface area contributed by atoms with Crippen molar-refractivity contribution < 1.29 is 9.53 Å². The fraction of sp³-hybridized carbons (Fsp3) is 0.812. The van der Waals surface area contributed by atoms with Crippen LogP contribution in [0.15, 0.2) is 0 Å². The number of carbonyl (C=O) groups is 1. The second-order valence-electron chi connectivity index (χ2n) is 6.63. The lowest BCUT2D eigenvalue weighted by Crippen LogP contribution is -2.43. The molecule has 1 aromatic rings. The molecule has 3 heterocycles. The number of amides is 1. The third-order valence-electron chi connectivity index (χ3n) is 4.93. The van der Waals surface area contributed by atoms with E-state index < -0.39 is 0 Å². The molecule has 1 aromatic heterocycles. The topological polar surface area (TPSA) is 75.5 Å². The summed E-state index contributed by atoms with van der Waals surface area (Å²) in [5.41, 5.74) is 0. The number of aromatic nitrogens is 3. The lowest BCUT2D eigenvalue weighted by Gasteiger charge is -2.32. The lowest BCUT2D eigenvalue weighted by molar-refractivity contribution is -0.131. The number of morpholine rings is 1. The molecule has 0 radical (unpaired) electrons. The second kappa shape index (κ2) is 8.04. The summed E-state index contributed by atoms with van der Waals surface area (Å²) in [4.78, 5) is 16.4. The Balaban J connectivity index is 1.64. The molecule has 3 rings (SSSR count). The summed E-state index contributed by atoms with van der Waals surface area (Å²) in [7, 11) is 3.85. The van der Waals surface area contributed by atoms with Crippen LogP contribution in [0.25, 0.3) is 0 Å². The van der Waals surface area contributed by atoms with Gasteiger partial charge in [0.1, 0.15) is 11.6 Å². The Morgan fingerprint density at radius 3 is 2.83 bits per heavy atom. The van der Waals surface area contributed by atoms with Crippen molar-refractivity contribution in [3.63, 3.8) is 0 Å². The summed E-state index contributed by atoms with van der Waals surface area (Å²) >= 11 is 0. The monoisotopic (exact) mass is 336 g/mol. The van der Waals surface area contributed by atoms with Gasteiger partial charge >= 0.3 is 0 Å². The molecule has 2 fully saturated rings. The van der Waals surface area contributed by atoms with Crippen LogP contribution in [-0.4, -0.2) is 83.5 Å². The van der Waals surface area contributed by atoms with Crippen molar-refractivity contribution in [2.75, 3.05) is 53.0 Å². The van der Waals surface area contributed by atoms with E-state index in [4.69, 9.17) is 4.74 Å². The minimum absolute atomic E-state index is 0.165. The standard InChI is InChI=1S/C16H28N6O2/c1-17-10-15(23)22-5-3-4-13(11-22)16-19-18-14(20(16)2)12-21-6-8-24-9-7-21/h13,17H,3-12H2,1-2H3. The maximum atomic E-state index is 12.1. The number of nitrogens with zero attached hydrogens (tertiary/aromatic N) is 5. The molecule has 0 bridgehead atoms. The first kappa shape index (κ1) is 17.3. The Bertz CT molecular complexity index is 555. The normalized spacial score (nSPS) is 22.8. The van der Waals surface area contributed by atoms with E-state index in [1.807, 2.05) is 11.9 Å². The number of nitrogens with one attached hydrogen (secondary N) is 1. The van der Waals surface area contributed by atoms with Gasteiger partial charge in [-0.25, -0.2) is 0 Å². The molecule has 1 N–H and O–H groups in total. The minimum atomic E-state index is 0.165. The lowest BCUT2D eigenvalue weighted by atomic mass is 9.97. The van der Waals surface area contributed by atoms with Gasteiger partial charge in [-0.15, -0.1) is 10.2 Å². The maximum Gasteiger partial charge on any atom is 0.236 e. The van der Waals surface area contributed by atoms with Gasteiger partial charge in [-0.05, 0) is 19.9 Å². The molecular weight excluding hydrogens is 308 g/mol. The number of carbonyl (C=O) groups excluding carboxylic acids is 1. The van der Waals surface area contributed by atoms with E-state index in [0.717, 1.165) is 70.4 Å². The highest BCUT2D eigenvalue weighted by Crippen LogP contribution is 2.26. The average Bonchev–Trinajstić information content (AvgIpc) is 2.97. The summed E-state index contributed by atoms with van der Waals surface area (Å²) in [5.74, 6) is 2.43. The van der Waals surface area contributed by atoms with E-state index in [1.165, 1.54) is 0 Å². The first-order valence-electron chi connectivity index (χ1n) is 8.79. The first-order valence-corrected chi connectivity index (χ1v) is 8.79. The Morgan fingerprint density at radius 1 is 1.29 bits per heavy atom. The maximum absolute atomic E-state index is 12.1. The van der Waals surface area contributed by atoms with Crippen molar-refractivity contribution >= 4 is 5.91 Å². The van der Waals surface area contributed by atoms with E-state index in [9.17, 15) is 4.79 Å². The predicted molar refractivity (Wildman–Crippen MR) is 89.6 cm³/mol. The van der Waals surface area contributed by atoms with Crippen molar-refractivity contribution in [2.24, 2.45) is 7.05 Å². The smallest absolute Gasteiger partial charge is 0.236 e. The van der Waals surface area contributed by atoms with Crippen molar-refractivity contribution in [3.8, 4) is 0 Å². The van der Waals surface area contributed by atoms with Crippen molar-refractivity contribution in [1.29, 1.82) is 0 Å². The molecule has 134 valence electrons. The number of piperidine rings is 1. The van der Waals surface area contributed by atoms with Gasteiger partial charge < -0.3 is 19.5 Å². The zero-order chi connectivity index (χ0) is 16.9. The quantitative estimate of drug-likeness (QED) is 0.787. The molecule has 8 heteroatoms. The second-order valence-corrected chi connectivity index (χ2v) is 6.63. The zero-order valence-corrected chi connectivity index (χ0v) is 14.7. The molecule has 24 heavy (non-hydrogen) atoms. The van der Waals surface area contributed by atoms with Gasteiger partial charge in [-0.3, -0.25) is 9.69 Å². The largest absolute Gasteiger partial charge is 0.379 e. The highest BCUT2D eigenvalue weighted by molar-refractivity contribution is 5.78. The first-order chi connectivity index (χ1) is 11.7. The summed E-state index contributed by atoms with van der Waals surface area (Å²) in [6.45, 7) is 6.25. The molecule has 8 nitrogen and oxygen atoms in total. The predicted octanol–water partition coefficient (Wildman–Crippen LogP) is -0.427. The van der Waals surface area contributed by atoms with Gasteiger partial charge in [0.25, 0.3) is 0 Å². The third kappa shape index (κ3) is 3.93. The molecule has 0 aliphatic carbocycles. The Hall–Kier alpha value is -1.51. The number of likely N-dealkylation sites (tertiary alicyclic amines) is 1. The van der Waals surface area contributed by atoms with E-state index in [2.05, 4.69) is 25.0 Å². The molecule has 2 aliphatic heterocycles. The van der Waals surface area contributed by atoms with Crippen LogP contribution < -0.4 is 5.32 Å². The Morgan fingerprint density at radius 2 is 2.08 bits per heavy atom.